The highest BCUT2D eigenvalue weighted by Crippen LogP contribution is 2.29. The van der Waals surface area contributed by atoms with Gasteiger partial charge < -0.3 is 14.0 Å². The molecule has 1 saturated heterocycles. The minimum Gasteiger partial charge on any atom is -0.472 e. The minimum atomic E-state index is -0.750. The third kappa shape index (κ3) is 5.21. The number of benzene rings is 1. The molecular weight excluding hydrogens is 566 g/mol. The lowest BCUT2D eigenvalue weighted by Gasteiger charge is -2.30. The molecule has 0 aliphatic carbocycles. The van der Waals surface area contributed by atoms with Gasteiger partial charge in [0.05, 0.1) is 47.7 Å². The summed E-state index contributed by atoms with van der Waals surface area (Å²) >= 11 is 5.75. The summed E-state index contributed by atoms with van der Waals surface area (Å²) in [6, 6.07) is 6.11. The lowest BCUT2D eigenvalue weighted by Crippen LogP contribution is -2.34. The first-order chi connectivity index (χ1) is 20.4. The van der Waals surface area contributed by atoms with E-state index in [0.29, 0.717) is 37.0 Å². The van der Waals surface area contributed by atoms with Gasteiger partial charge in [-0.05, 0) is 49.6 Å². The van der Waals surface area contributed by atoms with Gasteiger partial charge in [-0.1, -0.05) is 11.6 Å². The third-order valence-electron chi connectivity index (χ3n) is 7.78. The number of pyridine rings is 2. The highest BCUT2D eigenvalue weighted by Gasteiger charge is 2.26. The molecule has 13 heteroatoms. The average Bonchev–Trinajstić information content (AvgIpc) is 3.58. The Morgan fingerprint density at radius 3 is 2.71 bits per heavy atom. The number of nitrogens with one attached hydrogen (secondary N) is 1. The lowest BCUT2D eigenvalue weighted by atomic mass is 10.0. The monoisotopic (exact) mass is 592 g/mol. The maximum Gasteiger partial charge on any atom is 0.216 e. The van der Waals surface area contributed by atoms with Crippen molar-refractivity contribution in [2.45, 2.75) is 52.1 Å². The second-order valence-corrected chi connectivity index (χ2v) is 11.1. The van der Waals surface area contributed by atoms with E-state index in [4.69, 9.17) is 31.0 Å². The van der Waals surface area contributed by atoms with Gasteiger partial charge in [0, 0.05) is 30.3 Å². The van der Waals surface area contributed by atoms with E-state index < -0.39 is 11.6 Å². The quantitative estimate of drug-likeness (QED) is 0.274. The first kappa shape index (κ1) is 26.9. The van der Waals surface area contributed by atoms with E-state index in [1.165, 1.54) is 6.33 Å². The van der Waals surface area contributed by atoms with Gasteiger partial charge in [-0.2, -0.15) is 5.10 Å². The second-order valence-electron chi connectivity index (χ2n) is 10.6. The van der Waals surface area contributed by atoms with Crippen LogP contribution in [-0.4, -0.2) is 58.9 Å². The van der Waals surface area contributed by atoms with Crippen LogP contribution in [0, 0.1) is 18.6 Å². The predicted molar refractivity (Wildman–Crippen MR) is 150 cm³/mol. The van der Waals surface area contributed by atoms with Crippen LogP contribution in [0.2, 0.25) is 5.02 Å². The maximum atomic E-state index is 14.3. The smallest absolute Gasteiger partial charge is 0.216 e. The Bertz CT molecular complexity index is 1750. The molecule has 1 N–H and O–H groups in total. The number of hydrogen-bond donors (Lipinski definition) is 1. The van der Waals surface area contributed by atoms with Crippen LogP contribution < -0.4 is 4.74 Å². The molecule has 42 heavy (non-hydrogen) atoms. The summed E-state index contributed by atoms with van der Waals surface area (Å²) in [5.41, 5.74) is 5.08. The molecule has 1 fully saturated rings. The van der Waals surface area contributed by atoms with Gasteiger partial charge in [0.1, 0.15) is 36.1 Å². The van der Waals surface area contributed by atoms with Crippen molar-refractivity contribution in [3.05, 3.63) is 81.7 Å². The number of hydrogen-bond acceptors (Lipinski definition) is 8. The van der Waals surface area contributed by atoms with Gasteiger partial charge in [0.2, 0.25) is 5.88 Å². The zero-order valence-electron chi connectivity index (χ0n) is 22.8. The Kier molecular flexibility index (Phi) is 7.04. The molecule has 0 saturated carbocycles. The molecular formula is C29H27ClF2N8O2. The van der Waals surface area contributed by atoms with Gasteiger partial charge >= 0.3 is 0 Å². The molecule has 216 valence electrons. The molecule has 1 atom stereocenters. The van der Waals surface area contributed by atoms with E-state index in [1.54, 1.807) is 0 Å². The van der Waals surface area contributed by atoms with Crippen molar-refractivity contribution in [3.8, 4) is 17.4 Å². The van der Waals surface area contributed by atoms with Gasteiger partial charge in [0.25, 0.3) is 0 Å². The molecule has 4 aromatic heterocycles. The van der Waals surface area contributed by atoms with Crippen molar-refractivity contribution in [1.82, 2.24) is 39.6 Å². The van der Waals surface area contributed by atoms with Crippen LogP contribution >= 0.6 is 11.6 Å². The van der Waals surface area contributed by atoms with Crippen LogP contribution in [0.3, 0.4) is 0 Å². The number of fused-ring (bicyclic) bond motifs is 2. The van der Waals surface area contributed by atoms with Crippen LogP contribution in [0.25, 0.3) is 22.6 Å². The fraction of sp³-hybridized carbons (Fsp3) is 0.345. The number of nitrogens with zero attached hydrogens (tertiary/aromatic N) is 7. The predicted octanol–water partition coefficient (Wildman–Crippen LogP) is 4.78. The number of H-pyrrole nitrogens is 1. The van der Waals surface area contributed by atoms with Crippen molar-refractivity contribution < 1.29 is 18.3 Å². The zero-order chi connectivity index (χ0) is 28.8. The Hall–Kier alpha value is -4.00. The molecule has 10 nitrogen and oxygen atoms in total. The number of ether oxygens (including phenoxy) is 2. The normalized spacial score (nSPS) is 16.9. The minimum absolute atomic E-state index is 0.00260. The summed E-state index contributed by atoms with van der Waals surface area (Å²) in [5, 5.41) is 6.78. The zero-order valence-corrected chi connectivity index (χ0v) is 23.5. The highest BCUT2D eigenvalue weighted by molar-refractivity contribution is 6.30. The van der Waals surface area contributed by atoms with Crippen molar-refractivity contribution in [3.63, 3.8) is 0 Å². The maximum absolute atomic E-state index is 14.3. The molecule has 0 bridgehead atoms. The summed E-state index contributed by atoms with van der Waals surface area (Å²) < 4.78 is 42.3. The van der Waals surface area contributed by atoms with E-state index in [0.717, 1.165) is 71.8 Å². The Balaban J connectivity index is 1.13. The molecule has 1 aromatic carbocycles. The number of imidazole rings is 1. The topological polar surface area (TPSA) is 107 Å². The van der Waals surface area contributed by atoms with E-state index in [-0.39, 0.29) is 23.3 Å². The number of aryl methyl sites for hydroxylation is 1. The van der Waals surface area contributed by atoms with Gasteiger partial charge in [-0.3, -0.25) is 15.0 Å². The van der Waals surface area contributed by atoms with Gasteiger partial charge in [0.15, 0.2) is 5.82 Å². The first-order valence-electron chi connectivity index (χ1n) is 13.7. The van der Waals surface area contributed by atoms with Crippen molar-refractivity contribution >= 4 is 22.6 Å². The SMILES string of the molecule is Cc1cc2c(nc1OCc1c(F)cc(Cl)cc1F)CN(Cc1nc3cc(-c4ncn[nH]4)ncc3n1C[C@@H]1CCO1)CC2. The Labute approximate surface area is 244 Å². The molecule has 2 aliphatic rings. The molecule has 7 rings (SSSR count). The summed E-state index contributed by atoms with van der Waals surface area (Å²) in [7, 11) is 0. The summed E-state index contributed by atoms with van der Waals surface area (Å²) in [6.07, 6.45) is 5.25. The number of rotatable bonds is 8. The van der Waals surface area contributed by atoms with Crippen LogP contribution in [0.15, 0.2) is 36.8 Å². The number of aromatic nitrogens is 7. The Morgan fingerprint density at radius 2 is 1.98 bits per heavy atom. The molecule has 6 heterocycles. The third-order valence-corrected chi connectivity index (χ3v) is 8.00. The lowest BCUT2D eigenvalue weighted by molar-refractivity contribution is -0.0592. The van der Waals surface area contributed by atoms with E-state index in [9.17, 15) is 8.78 Å². The van der Waals surface area contributed by atoms with Crippen LogP contribution in [-0.2, 0) is 37.4 Å². The van der Waals surface area contributed by atoms with Crippen molar-refractivity contribution in [2.24, 2.45) is 0 Å². The molecule has 0 unspecified atom stereocenters. The fourth-order valence-electron chi connectivity index (χ4n) is 5.43. The van der Waals surface area contributed by atoms with Gasteiger partial charge in [-0.25, -0.2) is 23.7 Å². The molecule has 0 spiro atoms. The van der Waals surface area contributed by atoms with Crippen LogP contribution in [0.5, 0.6) is 5.88 Å². The summed E-state index contributed by atoms with van der Waals surface area (Å²) in [4.78, 5) is 20.9. The molecule has 2 aliphatic heterocycles. The fourth-order valence-corrected chi connectivity index (χ4v) is 5.62. The van der Waals surface area contributed by atoms with Crippen molar-refractivity contribution in [1.29, 1.82) is 0 Å². The van der Waals surface area contributed by atoms with Crippen LogP contribution in [0.4, 0.5) is 8.78 Å². The van der Waals surface area contributed by atoms with E-state index >= 15 is 0 Å². The Morgan fingerprint density at radius 1 is 1.14 bits per heavy atom. The molecule has 0 amide bonds. The van der Waals surface area contributed by atoms with E-state index in [1.807, 2.05) is 25.3 Å². The summed E-state index contributed by atoms with van der Waals surface area (Å²) in [6.45, 7) is 5.09. The highest BCUT2D eigenvalue weighted by atomic mass is 35.5. The van der Waals surface area contributed by atoms with Crippen LogP contribution in [0.1, 0.15) is 34.6 Å². The first-order valence-corrected chi connectivity index (χ1v) is 14.1. The van der Waals surface area contributed by atoms with Crippen molar-refractivity contribution in [2.75, 3.05) is 13.2 Å². The average molecular weight is 593 g/mol. The molecule has 5 aromatic rings. The van der Waals surface area contributed by atoms with E-state index in [2.05, 4.69) is 29.6 Å². The summed E-state index contributed by atoms with van der Waals surface area (Å²) in [5.74, 6) is 0.353. The second kappa shape index (κ2) is 11.0. The molecule has 0 radical (unpaired) electrons. The standard InChI is InChI=1S/C29H27ClF2N8O2/c1-16-6-17-2-4-39(12-25(17)37-29(16)42-14-20-21(31)7-18(30)8-22(20)32)13-27-36-23-9-24(28-34-15-35-38-28)33-10-26(23)40(27)11-19-3-5-41-19/h6-10,15,19H,2-5,11-14H2,1H3,(H,34,35,38)/t19-/m0/s1. The van der Waals surface area contributed by atoms with Gasteiger partial charge in [-0.15, -0.1) is 0 Å². The largest absolute Gasteiger partial charge is 0.472 e. The number of aromatic amines is 1. The number of halogens is 3.